The molecule has 3 rings (SSSR count). The Morgan fingerprint density at radius 3 is 2.32 bits per heavy atom. The normalized spacial score (nSPS) is 24.6. The lowest BCUT2D eigenvalue weighted by molar-refractivity contribution is -0.136. The molecular weight excluding hydrogens is 424 g/mol. The van der Waals surface area contributed by atoms with Gasteiger partial charge in [-0.1, -0.05) is 29.8 Å². The number of halogens is 1. The lowest BCUT2D eigenvalue weighted by Crippen LogP contribution is -2.44. The maximum Gasteiger partial charge on any atom is 0.225 e. The van der Waals surface area contributed by atoms with Crippen LogP contribution in [0.4, 0.5) is 0 Å². The molecule has 1 aromatic rings. The number of nitrogens with zero attached hydrogens (tertiary/aromatic N) is 2. The second-order valence-electron chi connectivity index (χ2n) is 7.43. The summed E-state index contributed by atoms with van der Waals surface area (Å²) in [5.41, 5.74) is 0.583. The van der Waals surface area contributed by atoms with E-state index in [0.717, 1.165) is 0 Å². The minimum atomic E-state index is -3.43. The van der Waals surface area contributed by atoms with Crippen molar-refractivity contribution in [2.45, 2.75) is 24.5 Å². The predicted octanol–water partition coefficient (Wildman–Crippen LogP) is 1.70. The molecule has 156 valence electrons. The third-order valence-electron chi connectivity index (χ3n) is 5.58. The van der Waals surface area contributed by atoms with Crippen molar-refractivity contribution in [1.82, 2.24) is 9.21 Å². The van der Waals surface area contributed by atoms with Crippen molar-refractivity contribution in [3.05, 3.63) is 34.9 Å². The Bertz CT molecular complexity index is 940. The van der Waals surface area contributed by atoms with E-state index < -0.39 is 25.1 Å². The molecule has 1 unspecified atom stereocenters. The summed E-state index contributed by atoms with van der Waals surface area (Å²) in [5, 5.41) is -0.296. The van der Waals surface area contributed by atoms with Gasteiger partial charge in [0, 0.05) is 37.1 Å². The largest absolute Gasteiger partial charge is 0.341 e. The number of carbonyl (C=O) groups excluding carboxylic acids is 1. The Hall–Kier alpha value is -1.16. The van der Waals surface area contributed by atoms with Gasteiger partial charge >= 0.3 is 0 Å². The molecule has 2 fully saturated rings. The van der Waals surface area contributed by atoms with Gasteiger partial charge in [-0.25, -0.2) is 21.1 Å². The number of hydrogen-bond donors (Lipinski definition) is 0. The molecule has 1 atom stereocenters. The summed E-state index contributed by atoms with van der Waals surface area (Å²) in [6.45, 7) is 1.15. The van der Waals surface area contributed by atoms with E-state index in [-0.39, 0.29) is 24.1 Å². The smallest absolute Gasteiger partial charge is 0.225 e. The molecule has 7 nitrogen and oxygen atoms in total. The summed E-state index contributed by atoms with van der Waals surface area (Å²) in [6, 6.07) is 6.92. The van der Waals surface area contributed by atoms with E-state index in [1.165, 1.54) is 10.6 Å². The fourth-order valence-electron chi connectivity index (χ4n) is 3.94. The summed E-state index contributed by atoms with van der Waals surface area (Å²) in [4.78, 5) is 14.5. The van der Waals surface area contributed by atoms with E-state index in [0.29, 0.717) is 49.5 Å². The highest BCUT2D eigenvalue weighted by Crippen LogP contribution is 2.34. The fraction of sp³-hybridized carbons (Fsp3) is 0.611. The first-order valence-corrected chi connectivity index (χ1v) is 13.2. The average Bonchev–Trinajstić information content (AvgIpc) is 2.79. The first kappa shape index (κ1) is 21.5. The zero-order chi connectivity index (χ0) is 20.5. The SMILES string of the molecule is CS(=O)(=O)N1CCC(C(=O)N2CCC(c3ccccc3Cl)S(=O)(=O)CC2)CC1. The minimum absolute atomic E-state index is 0.0804. The topological polar surface area (TPSA) is 91.8 Å². The molecule has 0 N–H and O–H groups in total. The number of sulfonamides is 1. The van der Waals surface area contributed by atoms with Crippen LogP contribution in [0.2, 0.25) is 5.02 Å². The molecule has 2 aliphatic rings. The van der Waals surface area contributed by atoms with Crippen LogP contribution in [0, 0.1) is 5.92 Å². The van der Waals surface area contributed by atoms with Gasteiger partial charge in [-0.2, -0.15) is 0 Å². The molecule has 2 heterocycles. The summed E-state index contributed by atoms with van der Waals surface area (Å²) in [7, 11) is -6.67. The molecule has 0 spiro atoms. The number of sulfone groups is 1. The van der Waals surface area contributed by atoms with Crippen molar-refractivity contribution < 1.29 is 21.6 Å². The highest BCUT2D eigenvalue weighted by molar-refractivity contribution is 7.91. The van der Waals surface area contributed by atoms with Crippen molar-refractivity contribution in [2.24, 2.45) is 5.92 Å². The van der Waals surface area contributed by atoms with Crippen LogP contribution in [0.3, 0.4) is 0 Å². The van der Waals surface area contributed by atoms with Gasteiger partial charge in [0.1, 0.15) is 0 Å². The van der Waals surface area contributed by atoms with Crippen LogP contribution >= 0.6 is 11.6 Å². The van der Waals surface area contributed by atoms with Gasteiger partial charge in [-0.15, -0.1) is 0 Å². The van der Waals surface area contributed by atoms with Gasteiger partial charge in [0.15, 0.2) is 9.84 Å². The summed E-state index contributed by atoms with van der Waals surface area (Å²) >= 11 is 6.21. The van der Waals surface area contributed by atoms with E-state index in [2.05, 4.69) is 0 Å². The van der Waals surface area contributed by atoms with E-state index in [1.807, 2.05) is 0 Å². The zero-order valence-electron chi connectivity index (χ0n) is 15.8. The minimum Gasteiger partial charge on any atom is -0.341 e. The summed E-state index contributed by atoms with van der Waals surface area (Å²) in [5.74, 6) is -0.447. The predicted molar refractivity (Wildman–Crippen MR) is 108 cm³/mol. The van der Waals surface area contributed by atoms with Gasteiger partial charge in [0.2, 0.25) is 15.9 Å². The van der Waals surface area contributed by atoms with E-state index in [4.69, 9.17) is 11.6 Å². The standard InChI is InChI=1S/C18H25ClN2O5S2/c1-27(23,24)21-10-6-14(7-11-21)18(22)20-9-8-17(28(25,26)13-12-20)15-4-2-3-5-16(15)19/h2-5,14,17H,6-13H2,1H3. The lowest BCUT2D eigenvalue weighted by Gasteiger charge is -2.32. The van der Waals surface area contributed by atoms with Crippen LogP contribution in [0.25, 0.3) is 0 Å². The molecule has 0 radical (unpaired) electrons. The van der Waals surface area contributed by atoms with Gasteiger partial charge in [-0.05, 0) is 30.9 Å². The highest BCUT2D eigenvalue weighted by atomic mass is 35.5. The zero-order valence-corrected chi connectivity index (χ0v) is 18.1. The van der Waals surface area contributed by atoms with Crippen LogP contribution in [-0.4, -0.2) is 70.1 Å². The van der Waals surface area contributed by atoms with Crippen molar-refractivity contribution in [3.63, 3.8) is 0 Å². The number of benzene rings is 1. The van der Waals surface area contributed by atoms with Crippen LogP contribution < -0.4 is 0 Å². The molecule has 0 saturated carbocycles. The third kappa shape index (κ3) is 4.69. The van der Waals surface area contributed by atoms with Crippen molar-refractivity contribution >= 4 is 37.4 Å². The van der Waals surface area contributed by atoms with E-state index in [1.54, 1.807) is 29.2 Å². The Balaban J connectivity index is 1.69. The highest BCUT2D eigenvalue weighted by Gasteiger charge is 2.36. The third-order valence-corrected chi connectivity index (χ3v) is 9.33. The molecular formula is C18H25ClN2O5S2. The maximum atomic E-state index is 12.9. The molecule has 1 aromatic carbocycles. The van der Waals surface area contributed by atoms with Gasteiger partial charge < -0.3 is 4.90 Å². The Morgan fingerprint density at radius 2 is 1.71 bits per heavy atom. The summed E-state index contributed by atoms with van der Waals surface area (Å²) in [6.07, 6.45) is 2.40. The van der Waals surface area contributed by atoms with Gasteiger partial charge in [0.05, 0.1) is 17.3 Å². The van der Waals surface area contributed by atoms with Gasteiger partial charge in [0.25, 0.3) is 0 Å². The Morgan fingerprint density at radius 1 is 1.07 bits per heavy atom. The Kier molecular flexibility index (Phi) is 6.38. The molecule has 2 aliphatic heterocycles. The van der Waals surface area contributed by atoms with Crippen LogP contribution in [0.1, 0.15) is 30.1 Å². The number of carbonyl (C=O) groups is 1. The van der Waals surface area contributed by atoms with Gasteiger partial charge in [-0.3, -0.25) is 4.79 Å². The lowest BCUT2D eigenvalue weighted by atomic mass is 9.96. The fourth-order valence-corrected chi connectivity index (χ4v) is 6.96. The number of amides is 1. The van der Waals surface area contributed by atoms with E-state index >= 15 is 0 Å². The monoisotopic (exact) mass is 448 g/mol. The van der Waals surface area contributed by atoms with Crippen molar-refractivity contribution in [3.8, 4) is 0 Å². The molecule has 2 saturated heterocycles. The molecule has 0 bridgehead atoms. The molecule has 0 aliphatic carbocycles. The van der Waals surface area contributed by atoms with Crippen LogP contribution in [-0.2, 0) is 24.7 Å². The molecule has 0 aromatic heterocycles. The molecule has 1 amide bonds. The molecule has 28 heavy (non-hydrogen) atoms. The number of piperidine rings is 1. The quantitative estimate of drug-likeness (QED) is 0.701. The number of rotatable bonds is 3. The van der Waals surface area contributed by atoms with Crippen molar-refractivity contribution in [1.29, 1.82) is 0 Å². The van der Waals surface area contributed by atoms with E-state index in [9.17, 15) is 21.6 Å². The Labute approximate surface area is 171 Å². The first-order valence-electron chi connectivity index (χ1n) is 9.29. The van der Waals surface area contributed by atoms with Crippen LogP contribution in [0.15, 0.2) is 24.3 Å². The number of hydrogen-bond acceptors (Lipinski definition) is 5. The maximum absolute atomic E-state index is 12.9. The van der Waals surface area contributed by atoms with Crippen LogP contribution in [0.5, 0.6) is 0 Å². The molecule has 10 heteroatoms. The second-order valence-corrected chi connectivity index (χ2v) is 12.1. The second kappa shape index (κ2) is 8.30. The average molecular weight is 449 g/mol. The summed E-state index contributed by atoms with van der Waals surface area (Å²) < 4.78 is 50.2. The first-order chi connectivity index (χ1) is 13.1. The van der Waals surface area contributed by atoms with Crippen molar-refractivity contribution in [2.75, 3.05) is 38.2 Å².